The van der Waals surface area contributed by atoms with Crippen LogP contribution in [0.4, 0.5) is 11.4 Å². The standard InChI is InChI=1S/C21H23ClN2S/c1-3-12-23(13-4-2)14-7-15-24-18-8-5-6-9-20(18)25-21-11-10-17(22)16-19(21)24/h3-6,8-11,16H,1-2,7,12-15H2. The average molecular weight is 371 g/mol. The molecule has 0 aliphatic carbocycles. The third-order valence-electron chi connectivity index (χ3n) is 4.22. The summed E-state index contributed by atoms with van der Waals surface area (Å²) in [6.07, 6.45) is 4.96. The van der Waals surface area contributed by atoms with Crippen LogP contribution in [0.5, 0.6) is 0 Å². The molecule has 2 aromatic rings. The molecule has 0 spiro atoms. The lowest BCUT2D eigenvalue weighted by Crippen LogP contribution is -2.29. The highest BCUT2D eigenvalue weighted by Crippen LogP contribution is 2.48. The first kappa shape index (κ1) is 18.1. The zero-order valence-electron chi connectivity index (χ0n) is 14.3. The second-order valence-corrected chi connectivity index (χ2v) is 7.54. The number of benzene rings is 2. The predicted octanol–water partition coefficient (Wildman–Crippen LogP) is 6.01. The monoisotopic (exact) mass is 370 g/mol. The quantitative estimate of drug-likeness (QED) is 0.525. The molecule has 0 N–H and O–H groups in total. The van der Waals surface area contributed by atoms with Gasteiger partial charge in [-0.05, 0) is 36.8 Å². The van der Waals surface area contributed by atoms with Crippen LogP contribution >= 0.6 is 23.4 Å². The molecule has 0 saturated heterocycles. The smallest absolute Gasteiger partial charge is 0.0567 e. The second kappa shape index (κ2) is 8.61. The van der Waals surface area contributed by atoms with Crippen LogP contribution in [-0.2, 0) is 0 Å². The molecule has 0 bridgehead atoms. The van der Waals surface area contributed by atoms with Gasteiger partial charge in [0.15, 0.2) is 0 Å². The lowest BCUT2D eigenvalue weighted by Gasteiger charge is -2.33. The van der Waals surface area contributed by atoms with Crippen molar-refractivity contribution in [3.63, 3.8) is 0 Å². The lowest BCUT2D eigenvalue weighted by atomic mass is 10.2. The van der Waals surface area contributed by atoms with E-state index >= 15 is 0 Å². The maximum absolute atomic E-state index is 6.27. The van der Waals surface area contributed by atoms with Gasteiger partial charge in [-0.3, -0.25) is 4.90 Å². The minimum atomic E-state index is 0.781. The van der Waals surface area contributed by atoms with Crippen LogP contribution in [0.25, 0.3) is 0 Å². The maximum atomic E-state index is 6.27. The molecule has 2 aromatic carbocycles. The fourth-order valence-corrected chi connectivity index (χ4v) is 4.36. The molecule has 0 radical (unpaired) electrons. The third-order valence-corrected chi connectivity index (χ3v) is 5.58. The van der Waals surface area contributed by atoms with Crippen molar-refractivity contribution in [1.82, 2.24) is 4.90 Å². The molecule has 130 valence electrons. The summed E-state index contributed by atoms with van der Waals surface area (Å²) >= 11 is 8.08. The van der Waals surface area contributed by atoms with Crippen LogP contribution < -0.4 is 4.90 Å². The second-order valence-electron chi connectivity index (χ2n) is 6.02. The third kappa shape index (κ3) is 4.30. The van der Waals surface area contributed by atoms with Gasteiger partial charge in [0.1, 0.15) is 0 Å². The molecule has 1 aliphatic heterocycles. The highest BCUT2D eigenvalue weighted by Gasteiger charge is 2.23. The number of hydrogen-bond donors (Lipinski definition) is 0. The SMILES string of the molecule is C=CCN(CC=C)CCCN1c2ccccc2Sc2ccc(Cl)cc21. The average Bonchev–Trinajstić information content (AvgIpc) is 2.62. The normalized spacial score (nSPS) is 12.6. The Bertz CT molecular complexity index is 749. The van der Waals surface area contributed by atoms with Gasteiger partial charge < -0.3 is 4.90 Å². The van der Waals surface area contributed by atoms with Crippen LogP contribution in [0.15, 0.2) is 77.6 Å². The Hall–Kier alpha value is -1.68. The van der Waals surface area contributed by atoms with Gasteiger partial charge in [0.25, 0.3) is 0 Å². The molecular formula is C21H23ClN2S. The Labute approximate surface area is 159 Å². The number of hydrogen-bond acceptors (Lipinski definition) is 3. The summed E-state index contributed by atoms with van der Waals surface area (Å²) in [5.41, 5.74) is 2.47. The van der Waals surface area contributed by atoms with E-state index in [1.54, 1.807) is 0 Å². The number of para-hydroxylation sites is 1. The molecule has 0 amide bonds. The summed E-state index contributed by atoms with van der Waals surface area (Å²) in [5, 5.41) is 0.781. The largest absolute Gasteiger partial charge is 0.340 e. The van der Waals surface area contributed by atoms with E-state index in [2.05, 4.69) is 59.4 Å². The van der Waals surface area contributed by atoms with Crippen molar-refractivity contribution in [2.24, 2.45) is 0 Å². The van der Waals surface area contributed by atoms with E-state index in [1.807, 2.05) is 30.0 Å². The van der Waals surface area contributed by atoms with Crippen molar-refractivity contribution in [2.45, 2.75) is 16.2 Å². The Balaban J connectivity index is 1.79. The Morgan fingerprint density at radius 1 is 1.00 bits per heavy atom. The van der Waals surface area contributed by atoms with Crippen LogP contribution in [0.2, 0.25) is 5.02 Å². The summed E-state index contributed by atoms with van der Waals surface area (Å²) < 4.78 is 0. The Kier molecular flexibility index (Phi) is 6.24. The molecule has 0 fully saturated rings. The summed E-state index contributed by atoms with van der Waals surface area (Å²) in [4.78, 5) is 7.31. The van der Waals surface area contributed by atoms with E-state index in [-0.39, 0.29) is 0 Å². The van der Waals surface area contributed by atoms with Crippen LogP contribution in [0, 0.1) is 0 Å². The molecule has 3 rings (SSSR count). The fraction of sp³-hybridized carbons (Fsp3) is 0.238. The van der Waals surface area contributed by atoms with Gasteiger partial charge >= 0.3 is 0 Å². The molecule has 1 heterocycles. The van der Waals surface area contributed by atoms with E-state index in [9.17, 15) is 0 Å². The van der Waals surface area contributed by atoms with Crippen molar-refractivity contribution in [1.29, 1.82) is 0 Å². The molecule has 0 aromatic heterocycles. The first-order valence-corrected chi connectivity index (χ1v) is 9.70. The van der Waals surface area contributed by atoms with Gasteiger partial charge in [0.05, 0.1) is 11.4 Å². The van der Waals surface area contributed by atoms with Crippen molar-refractivity contribution in [3.05, 3.63) is 72.8 Å². The molecule has 4 heteroatoms. The number of nitrogens with zero attached hydrogens (tertiary/aromatic N) is 2. The molecule has 2 nitrogen and oxygen atoms in total. The van der Waals surface area contributed by atoms with E-state index in [0.29, 0.717) is 0 Å². The van der Waals surface area contributed by atoms with Crippen molar-refractivity contribution in [2.75, 3.05) is 31.1 Å². The first-order valence-electron chi connectivity index (χ1n) is 8.51. The lowest BCUT2D eigenvalue weighted by molar-refractivity contribution is 0.332. The summed E-state index contributed by atoms with van der Waals surface area (Å²) in [6, 6.07) is 14.7. The Morgan fingerprint density at radius 2 is 1.72 bits per heavy atom. The maximum Gasteiger partial charge on any atom is 0.0567 e. The number of rotatable bonds is 8. The van der Waals surface area contributed by atoms with Gasteiger partial charge in [-0.2, -0.15) is 0 Å². The molecular weight excluding hydrogens is 348 g/mol. The van der Waals surface area contributed by atoms with Crippen LogP contribution in [0.1, 0.15) is 6.42 Å². The highest BCUT2D eigenvalue weighted by molar-refractivity contribution is 7.99. The summed E-state index contributed by atoms with van der Waals surface area (Å²) in [6.45, 7) is 11.4. The highest BCUT2D eigenvalue weighted by atomic mass is 35.5. The Morgan fingerprint density at radius 3 is 2.48 bits per heavy atom. The van der Waals surface area contributed by atoms with Crippen LogP contribution in [-0.4, -0.2) is 31.1 Å². The number of halogens is 1. The molecule has 0 saturated carbocycles. The minimum Gasteiger partial charge on any atom is -0.340 e. The predicted molar refractivity (Wildman–Crippen MR) is 110 cm³/mol. The fourth-order valence-electron chi connectivity index (χ4n) is 3.12. The van der Waals surface area contributed by atoms with E-state index in [0.717, 1.165) is 37.6 Å². The number of fused-ring (bicyclic) bond motifs is 2. The van der Waals surface area contributed by atoms with Crippen molar-refractivity contribution < 1.29 is 0 Å². The van der Waals surface area contributed by atoms with Gasteiger partial charge in [-0.15, -0.1) is 13.2 Å². The van der Waals surface area contributed by atoms with Crippen molar-refractivity contribution in [3.8, 4) is 0 Å². The van der Waals surface area contributed by atoms with Crippen LogP contribution in [0.3, 0.4) is 0 Å². The van der Waals surface area contributed by atoms with Gasteiger partial charge in [-0.1, -0.05) is 47.6 Å². The molecule has 1 aliphatic rings. The van der Waals surface area contributed by atoms with Crippen molar-refractivity contribution >= 4 is 34.7 Å². The summed E-state index contributed by atoms with van der Waals surface area (Å²) in [5.74, 6) is 0. The minimum absolute atomic E-state index is 0.781. The summed E-state index contributed by atoms with van der Waals surface area (Å²) in [7, 11) is 0. The molecule has 0 unspecified atom stereocenters. The molecule has 25 heavy (non-hydrogen) atoms. The van der Waals surface area contributed by atoms with E-state index < -0.39 is 0 Å². The first-order chi connectivity index (χ1) is 12.2. The topological polar surface area (TPSA) is 6.48 Å². The van der Waals surface area contributed by atoms with E-state index in [4.69, 9.17) is 11.6 Å². The zero-order valence-corrected chi connectivity index (χ0v) is 15.9. The van der Waals surface area contributed by atoms with Gasteiger partial charge in [0, 0.05) is 41.0 Å². The molecule has 0 atom stereocenters. The number of anilines is 2. The van der Waals surface area contributed by atoms with Gasteiger partial charge in [0.2, 0.25) is 0 Å². The van der Waals surface area contributed by atoms with E-state index in [1.165, 1.54) is 21.2 Å². The zero-order chi connectivity index (χ0) is 17.6. The van der Waals surface area contributed by atoms with Gasteiger partial charge in [-0.25, -0.2) is 0 Å².